The summed E-state index contributed by atoms with van der Waals surface area (Å²) in [6, 6.07) is 8.45. The molecular weight excluding hydrogens is 250 g/mol. The average molecular weight is 275 g/mol. The molecule has 0 aliphatic heterocycles. The number of likely N-dealkylation sites (N-methyl/N-ethyl adjacent to an activating group) is 1. The Bertz CT molecular complexity index is 443. The number of benzene rings is 1. The van der Waals surface area contributed by atoms with Gasteiger partial charge in [-0.15, -0.1) is 0 Å². The van der Waals surface area contributed by atoms with Gasteiger partial charge >= 0.3 is 0 Å². The molecule has 0 heterocycles. The van der Waals surface area contributed by atoms with E-state index in [4.69, 9.17) is 5.73 Å². The van der Waals surface area contributed by atoms with Crippen molar-refractivity contribution < 1.29 is 4.79 Å². The van der Waals surface area contributed by atoms with Crippen LogP contribution in [0.4, 0.5) is 0 Å². The molecule has 0 radical (unpaired) electrons. The summed E-state index contributed by atoms with van der Waals surface area (Å²) < 4.78 is 0. The molecule has 0 unspecified atom stereocenters. The largest absolute Gasteiger partial charge is 0.351 e. The van der Waals surface area contributed by atoms with Crippen LogP contribution in [0, 0.1) is 0 Å². The molecule has 0 spiro atoms. The third-order valence-corrected chi connectivity index (χ3v) is 3.83. The van der Waals surface area contributed by atoms with E-state index < -0.39 is 0 Å². The molecule has 110 valence electrons. The van der Waals surface area contributed by atoms with Gasteiger partial charge in [-0.05, 0) is 44.0 Å². The summed E-state index contributed by atoms with van der Waals surface area (Å²) in [6.45, 7) is 5.45. The zero-order valence-corrected chi connectivity index (χ0v) is 12.3. The van der Waals surface area contributed by atoms with Gasteiger partial charge in [0.2, 0.25) is 0 Å². The van der Waals surface area contributed by atoms with Crippen molar-refractivity contribution in [1.82, 2.24) is 10.2 Å². The summed E-state index contributed by atoms with van der Waals surface area (Å²) in [4.78, 5) is 14.7. The molecule has 3 N–H and O–H groups in total. The number of nitrogens with zero attached hydrogens (tertiary/aromatic N) is 1. The summed E-state index contributed by atoms with van der Waals surface area (Å²) in [5.74, 6) is 0.0147. The topological polar surface area (TPSA) is 58.4 Å². The summed E-state index contributed by atoms with van der Waals surface area (Å²) in [6.07, 6.45) is 3.36. The molecule has 0 atom stereocenters. The van der Waals surface area contributed by atoms with Gasteiger partial charge in [-0.2, -0.15) is 0 Å². The summed E-state index contributed by atoms with van der Waals surface area (Å²) in [5, 5.41) is 3.02. The second kappa shape index (κ2) is 7.41. The van der Waals surface area contributed by atoms with Crippen LogP contribution >= 0.6 is 0 Å². The molecular formula is C16H25N3O. The first kappa shape index (κ1) is 15.0. The minimum atomic E-state index is 0.0147. The Balaban J connectivity index is 1.85. The van der Waals surface area contributed by atoms with E-state index in [-0.39, 0.29) is 5.91 Å². The van der Waals surface area contributed by atoms with Crippen molar-refractivity contribution in [3.05, 3.63) is 35.4 Å². The molecule has 1 amide bonds. The van der Waals surface area contributed by atoms with Crippen molar-refractivity contribution in [3.63, 3.8) is 0 Å². The van der Waals surface area contributed by atoms with E-state index in [2.05, 4.69) is 17.1 Å². The lowest BCUT2D eigenvalue weighted by Crippen LogP contribution is -2.36. The van der Waals surface area contributed by atoms with E-state index in [0.29, 0.717) is 13.1 Å². The van der Waals surface area contributed by atoms with Crippen LogP contribution in [-0.4, -0.2) is 43.0 Å². The zero-order chi connectivity index (χ0) is 14.4. The van der Waals surface area contributed by atoms with Crippen LogP contribution in [0.1, 0.15) is 35.7 Å². The normalized spacial score (nSPS) is 14.6. The maximum Gasteiger partial charge on any atom is 0.251 e. The Hall–Kier alpha value is -1.39. The van der Waals surface area contributed by atoms with E-state index in [1.807, 2.05) is 24.3 Å². The lowest BCUT2D eigenvalue weighted by molar-refractivity contribution is 0.0947. The van der Waals surface area contributed by atoms with Crippen molar-refractivity contribution in [1.29, 1.82) is 0 Å². The summed E-state index contributed by atoms with van der Waals surface area (Å²) in [5.41, 5.74) is 7.38. The smallest absolute Gasteiger partial charge is 0.251 e. The Labute approximate surface area is 121 Å². The molecule has 4 heteroatoms. The zero-order valence-electron chi connectivity index (χ0n) is 12.3. The minimum Gasteiger partial charge on any atom is -0.351 e. The number of hydrogen-bond acceptors (Lipinski definition) is 3. The Kier molecular flexibility index (Phi) is 5.56. The molecule has 1 aromatic rings. The van der Waals surface area contributed by atoms with Crippen molar-refractivity contribution in [2.24, 2.45) is 5.73 Å². The lowest BCUT2D eigenvalue weighted by atomic mass is 10.0. The quantitative estimate of drug-likeness (QED) is 0.754. The van der Waals surface area contributed by atoms with Gasteiger partial charge in [0.25, 0.3) is 5.91 Å². The molecule has 1 aliphatic rings. The number of rotatable bonds is 8. The third-order valence-electron chi connectivity index (χ3n) is 3.83. The second-order valence-corrected chi connectivity index (χ2v) is 5.31. The Morgan fingerprint density at radius 1 is 1.40 bits per heavy atom. The lowest BCUT2D eigenvalue weighted by Gasteiger charge is -2.20. The molecule has 0 saturated heterocycles. The molecule has 20 heavy (non-hydrogen) atoms. The van der Waals surface area contributed by atoms with Gasteiger partial charge in [0, 0.05) is 24.7 Å². The van der Waals surface area contributed by atoms with Crippen LogP contribution in [0.25, 0.3) is 0 Å². The highest BCUT2D eigenvalue weighted by Crippen LogP contribution is 2.25. The van der Waals surface area contributed by atoms with Crippen LogP contribution in [0.5, 0.6) is 0 Å². The molecule has 0 aromatic heterocycles. The van der Waals surface area contributed by atoms with Crippen LogP contribution in [0.15, 0.2) is 24.3 Å². The van der Waals surface area contributed by atoms with E-state index in [1.54, 1.807) is 0 Å². The van der Waals surface area contributed by atoms with Crippen LogP contribution in [-0.2, 0) is 6.42 Å². The molecule has 1 aromatic carbocycles. The number of carbonyl (C=O) groups excluding carboxylic acids is 1. The Morgan fingerprint density at radius 3 is 2.80 bits per heavy atom. The van der Waals surface area contributed by atoms with Gasteiger partial charge in [-0.1, -0.05) is 25.1 Å². The minimum absolute atomic E-state index is 0.0147. The third kappa shape index (κ3) is 4.05. The van der Waals surface area contributed by atoms with Gasteiger partial charge in [0.1, 0.15) is 0 Å². The molecule has 0 bridgehead atoms. The van der Waals surface area contributed by atoms with Crippen molar-refractivity contribution in [2.45, 2.75) is 32.2 Å². The van der Waals surface area contributed by atoms with Gasteiger partial charge < -0.3 is 11.1 Å². The monoisotopic (exact) mass is 275 g/mol. The first-order chi connectivity index (χ1) is 9.76. The molecule has 1 fully saturated rings. The number of amides is 1. The maximum atomic E-state index is 12.2. The summed E-state index contributed by atoms with van der Waals surface area (Å²) in [7, 11) is 0. The Morgan fingerprint density at radius 2 is 2.15 bits per heavy atom. The van der Waals surface area contributed by atoms with Gasteiger partial charge in [-0.25, -0.2) is 0 Å². The standard InChI is InChI=1S/C16H25N3O/c1-2-19(14-7-8-14)12-11-18-16(20)15-6-4-3-5-13(15)9-10-17/h3-6,14H,2,7-12,17H2,1H3,(H,18,20). The van der Waals surface area contributed by atoms with E-state index >= 15 is 0 Å². The van der Waals surface area contributed by atoms with Gasteiger partial charge in [0.05, 0.1) is 0 Å². The van der Waals surface area contributed by atoms with Gasteiger partial charge in [-0.3, -0.25) is 9.69 Å². The molecule has 1 saturated carbocycles. The fourth-order valence-corrected chi connectivity index (χ4v) is 2.56. The van der Waals surface area contributed by atoms with Crippen LogP contribution in [0.3, 0.4) is 0 Å². The van der Waals surface area contributed by atoms with Crippen molar-refractivity contribution in [2.75, 3.05) is 26.2 Å². The fraction of sp³-hybridized carbons (Fsp3) is 0.562. The molecule has 2 rings (SSSR count). The first-order valence-electron chi connectivity index (χ1n) is 7.56. The number of hydrogen-bond donors (Lipinski definition) is 2. The predicted octanol–water partition coefficient (Wildman–Crippen LogP) is 1.40. The SMILES string of the molecule is CCN(CCNC(=O)c1ccccc1CCN)C1CC1. The number of carbonyl (C=O) groups is 1. The van der Waals surface area contributed by atoms with Crippen LogP contribution in [0.2, 0.25) is 0 Å². The molecule has 1 aliphatic carbocycles. The maximum absolute atomic E-state index is 12.2. The van der Waals surface area contributed by atoms with Crippen molar-refractivity contribution >= 4 is 5.91 Å². The van der Waals surface area contributed by atoms with Crippen LogP contribution < -0.4 is 11.1 Å². The van der Waals surface area contributed by atoms with E-state index in [9.17, 15) is 4.79 Å². The van der Waals surface area contributed by atoms with Crippen molar-refractivity contribution in [3.8, 4) is 0 Å². The van der Waals surface area contributed by atoms with E-state index in [0.717, 1.165) is 36.7 Å². The highest BCUT2D eigenvalue weighted by atomic mass is 16.1. The average Bonchev–Trinajstić information content (AvgIpc) is 3.29. The highest BCUT2D eigenvalue weighted by Gasteiger charge is 2.27. The van der Waals surface area contributed by atoms with E-state index in [1.165, 1.54) is 12.8 Å². The predicted molar refractivity (Wildman–Crippen MR) is 81.8 cm³/mol. The second-order valence-electron chi connectivity index (χ2n) is 5.31. The van der Waals surface area contributed by atoms with Gasteiger partial charge in [0.15, 0.2) is 0 Å². The fourth-order valence-electron chi connectivity index (χ4n) is 2.56. The summed E-state index contributed by atoms with van der Waals surface area (Å²) >= 11 is 0. The molecule has 4 nitrogen and oxygen atoms in total. The first-order valence-corrected chi connectivity index (χ1v) is 7.56. The highest BCUT2D eigenvalue weighted by molar-refractivity contribution is 5.95. The number of nitrogens with one attached hydrogen (secondary N) is 1. The number of nitrogens with two attached hydrogens (primary N) is 1.